The average Bonchev–Trinajstić information content (AvgIpc) is 3.05. The molecular formula is C16H19N3O5S. The third-order valence-corrected chi connectivity index (χ3v) is 4.42. The number of amides is 2. The van der Waals surface area contributed by atoms with E-state index in [0.29, 0.717) is 11.4 Å². The molecule has 1 aromatic heterocycles. The summed E-state index contributed by atoms with van der Waals surface area (Å²) < 4.78 is 30.2. The Morgan fingerprint density at radius 3 is 2.36 bits per heavy atom. The number of carbonyl (C=O) groups is 2. The van der Waals surface area contributed by atoms with Crippen LogP contribution in [0.1, 0.15) is 17.5 Å². The summed E-state index contributed by atoms with van der Waals surface area (Å²) in [5, 5.41) is 5.21. The van der Waals surface area contributed by atoms with Crippen molar-refractivity contribution in [2.75, 3.05) is 29.0 Å². The zero-order valence-electron chi connectivity index (χ0n) is 13.9. The van der Waals surface area contributed by atoms with Gasteiger partial charge in [-0.1, -0.05) is 0 Å². The van der Waals surface area contributed by atoms with Gasteiger partial charge in [-0.05, 0) is 36.4 Å². The fourth-order valence-corrected chi connectivity index (χ4v) is 3.09. The van der Waals surface area contributed by atoms with Crippen LogP contribution in [0.4, 0.5) is 11.4 Å². The van der Waals surface area contributed by atoms with Gasteiger partial charge in [0.15, 0.2) is 5.76 Å². The molecule has 25 heavy (non-hydrogen) atoms. The molecular weight excluding hydrogens is 346 g/mol. The van der Waals surface area contributed by atoms with Crippen molar-refractivity contribution in [2.24, 2.45) is 0 Å². The van der Waals surface area contributed by atoms with Gasteiger partial charge < -0.3 is 15.1 Å². The second-order valence-electron chi connectivity index (χ2n) is 5.30. The summed E-state index contributed by atoms with van der Waals surface area (Å²) >= 11 is 0. The van der Waals surface area contributed by atoms with E-state index in [1.165, 1.54) is 23.6 Å². The Morgan fingerprint density at radius 2 is 1.84 bits per heavy atom. The minimum atomic E-state index is -3.53. The molecule has 1 aromatic carbocycles. The molecule has 9 heteroatoms. The largest absolute Gasteiger partial charge is 0.459 e. The third-order valence-electron chi connectivity index (χ3n) is 3.22. The summed E-state index contributed by atoms with van der Waals surface area (Å²) in [6, 6.07) is 9.49. The molecule has 2 amide bonds. The monoisotopic (exact) mass is 365 g/mol. The fourth-order valence-electron chi connectivity index (χ4n) is 2.17. The summed E-state index contributed by atoms with van der Waals surface area (Å²) in [4.78, 5) is 22.8. The molecule has 2 aromatic rings. The van der Waals surface area contributed by atoms with Crippen LogP contribution in [0.25, 0.3) is 0 Å². The Hall–Kier alpha value is -2.81. The van der Waals surface area contributed by atoms with E-state index in [-0.39, 0.29) is 24.8 Å². The molecule has 0 unspecified atom stereocenters. The summed E-state index contributed by atoms with van der Waals surface area (Å²) in [5.41, 5.74) is 1.000. The lowest BCUT2D eigenvalue weighted by molar-refractivity contribution is -0.114. The van der Waals surface area contributed by atoms with Crippen LogP contribution in [0.5, 0.6) is 0 Å². The van der Waals surface area contributed by atoms with E-state index in [1.807, 2.05) is 0 Å². The van der Waals surface area contributed by atoms with Crippen LogP contribution in [-0.4, -0.2) is 39.6 Å². The number of anilines is 2. The van der Waals surface area contributed by atoms with Crippen molar-refractivity contribution >= 4 is 33.2 Å². The van der Waals surface area contributed by atoms with Gasteiger partial charge in [0, 0.05) is 19.2 Å². The summed E-state index contributed by atoms with van der Waals surface area (Å²) in [6.07, 6.45) is 2.47. The highest BCUT2D eigenvalue weighted by molar-refractivity contribution is 7.92. The Bertz CT molecular complexity index is 829. The number of benzene rings is 1. The molecule has 134 valence electrons. The maximum atomic E-state index is 12.0. The lowest BCUT2D eigenvalue weighted by Crippen LogP contribution is -2.38. The smallest absolute Gasteiger partial charge is 0.287 e. The van der Waals surface area contributed by atoms with Gasteiger partial charge in [0.1, 0.15) is 0 Å². The lowest BCUT2D eigenvalue weighted by atomic mass is 10.2. The first kappa shape index (κ1) is 18.5. The number of carbonyl (C=O) groups excluding carboxylic acids is 2. The summed E-state index contributed by atoms with van der Waals surface area (Å²) in [6.45, 7) is 1.56. The highest BCUT2D eigenvalue weighted by Crippen LogP contribution is 2.20. The normalized spacial score (nSPS) is 11.0. The van der Waals surface area contributed by atoms with Crippen LogP contribution in [0.15, 0.2) is 47.1 Å². The molecule has 0 atom stereocenters. The molecule has 2 N–H and O–H groups in total. The molecule has 0 spiro atoms. The van der Waals surface area contributed by atoms with Crippen LogP contribution < -0.4 is 14.9 Å². The third kappa shape index (κ3) is 5.35. The Balaban J connectivity index is 2.04. The molecule has 8 nitrogen and oxygen atoms in total. The van der Waals surface area contributed by atoms with Crippen LogP contribution >= 0.6 is 0 Å². The number of hydrogen-bond donors (Lipinski definition) is 2. The molecule has 0 aliphatic carbocycles. The zero-order chi connectivity index (χ0) is 18.4. The van der Waals surface area contributed by atoms with Gasteiger partial charge in [-0.15, -0.1) is 0 Å². The van der Waals surface area contributed by atoms with Crippen molar-refractivity contribution in [3.8, 4) is 0 Å². The van der Waals surface area contributed by atoms with Crippen molar-refractivity contribution in [1.29, 1.82) is 0 Å². The average molecular weight is 365 g/mol. The minimum Gasteiger partial charge on any atom is -0.459 e. The summed E-state index contributed by atoms with van der Waals surface area (Å²) in [5.74, 6) is -0.474. The highest BCUT2D eigenvalue weighted by atomic mass is 32.2. The van der Waals surface area contributed by atoms with Gasteiger partial charge in [-0.3, -0.25) is 13.9 Å². The van der Waals surface area contributed by atoms with Gasteiger partial charge in [0.25, 0.3) is 5.91 Å². The van der Waals surface area contributed by atoms with Crippen molar-refractivity contribution in [2.45, 2.75) is 6.92 Å². The number of nitrogens with zero attached hydrogens (tertiary/aromatic N) is 1. The number of rotatable bonds is 7. The number of sulfonamides is 1. The molecule has 0 radical (unpaired) electrons. The SMILES string of the molecule is CC(=O)Nc1ccc(N(CCNC(=O)c2ccco2)S(C)(=O)=O)cc1. The molecule has 2 rings (SSSR count). The maximum Gasteiger partial charge on any atom is 0.287 e. The van der Waals surface area contributed by atoms with Crippen LogP contribution in [0, 0.1) is 0 Å². The Morgan fingerprint density at radius 1 is 1.16 bits per heavy atom. The van der Waals surface area contributed by atoms with Gasteiger partial charge >= 0.3 is 0 Å². The van der Waals surface area contributed by atoms with E-state index in [9.17, 15) is 18.0 Å². The Kier molecular flexibility index (Phi) is 5.81. The second kappa shape index (κ2) is 7.84. The van der Waals surface area contributed by atoms with E-state index in [0.717, 1.165) is 6.26 Å². The quantitative estimate of drug-likeness (QED) is 0.772. The van der Waals surface area contributed by atoms with Crippen molar-refractivity contribution < 1.29 is 22.4 Å². The molecule has 0 saturated carbocycles. The van der Waals surface area contributed by atoms with Crippen LogP contribution in [0.3, 0.4) is 0 Å². The van der Waals surface area contributed by atoms with Gasteiger partial charge in [0.05, 0.1) is 24.8 Å². The lowest BCUT2D eigenvalue weighted by Gasteiger charge is -2.22. The first-order chi connectivity index (χ1) is 11.8. The van der Waals surface area contributed by atoms with E-state index >= 15 is 0 Å². The second-order valence-corrected chi connectivity index (χ2v) is 7.20. The molecule has 0 aliphatic rings. The van der Waals surface area contributed by atoms with Crippen LogP contribution in [-0.2, 0) is 14.8 Å². The van der Waals surface area contributed by atoms with Crippen molar-refractivity contribution in [1.82, 2.24) is 5.32 Å². The Labute approximate surface area is 145 Å². The zero-order valence-corrected chi connectivity index (χ0v) is 14.7. The molecule has 0 aliphatic heterocycles. The topological polar surface area (TPSA) is 109 Å². The van der Waals surface area contributed by atoms with E-state index in [4.69, 9.17) is 4.42 Å². The standard InChI is InChI=1S/C16H19N3O5S/c1-12(20)18-13-5-7-14(8-6-13)19(25(2,22)23)10-9-17-16(21)15-4-3-11-24-15/h3-8,11H,9-10H2,1-2H3,(H,17,21)(H,18,20). The van der Waals surface area contributed by atoms with Crippen LogP contribution in [0.2, 0.25) is 0 Å². The first-order valence-corrected chi connectivity index (χ1v) is 9.29. The number of furan rings is 1. The number of nitrogens with one attached hydrogen (secondary N) is 2. The predicted octanol–water partition coefficient (Wildman–Crippen LogP) is 1.43. The van der Waals surface area contributed by atoms with Gasteiger partial charge in [0.2, 0.25) is 15.9 Å². The predicted molar refractivity (Wildman–Crippen MR) is 94.0 cm³/mol. The molecule has 0 bridgehead atoms. The highest BCUT2D eigenvalue weighted by Gasteiger charge is 2.18. The maximum absolute atomic E-state index is 12.0. The minimum absolute atomic E-state index is 0.0603. The van der Waals surface area contributed by atoms with Crippen molar-refractivity contribution in [3.63, 3.8) is 0 Å². The van der Waals surface area contributed by atoms with Gasteiger partial charge in [-0.25, -0.2) is 8.42 Å². The van der Waals surface area contributed by atoms with E-state index < -0.39 is 15.9 Å². The first-order valence-electron chi connectivity index (χ1n) is 7.44. The van der Waals surface area contributed by atoms with Gasteiger partial charge in [-0.2, -0.15) is 0 Å². The van der Waals surface area contributed by atoms with Crippen molar-refractivity contribution in [3.05, 3.63) is 48.4 Å². The molecule has 0 fully saturated rings. The van der Waals surface area contributed by atoms with E-state index in [1.54, 1.807) is 30.3 Å². The number of hydrogen-bond acceptors (Lipinski definition) is 5. The summed E-state index contributed by atoms with van der Waals surface area (Å²) in [7, 11) is -3.53. The van der Waals surface area contributed by atoms with E-state index in [2.05, 4.69) is 10.6 Å². The fraction of sp³-hybridized carbons (Fsp3) is 0.250. The molecule has 0 saturated heterocycles. The molecule has 1 heterocycles.